The van der Waals surface area contributed by atoms with Crippen LogP contribution in [0.2, 0.25) is 0 Å². The molecule has 1 fully saturated rings. The summed E-state index contributed by atoms with van der Waals surface area (Å²) in [6.45, 7) is 0.815. The Hall–Kier alpha value is -1.65. The number of rotatable bonds is 5. The molecule has 3 nitrogen and oxygen atoms in total. The Kier molecular flexibility index (Phi) is 4.90. The molecule has 1 saturated heterocycles. The molecule has 0 aliphatic carbocycles. The van der Waals surface area contributed by atoms with Crippen molar-refractivity contribution in [2.75, 3.05) is 6.54 Å². The molecule has 1 aliphatic heterocycles. The highest BCUT2D eigenvalue weighted by atomic mass is 32.1. The SMILES string of the molecule is O=C(Cc1ccsc1)N1CCC[C@@H]1C[C@@H](O)c1ccccc1. The van der Waals surface area contributed by atoms with Crippen LogP contribution in [-0.2, 0) is 11.2 Å². The van der Waals surface area contributed by atoms with E-state index < -0.39 is 6.10 Å². The van der Waals surface area contributed by atoms with Crippen LogP contribution in [0.4, 0.5) is 0 Å². The van der Waals surface area contributed by atoms with Gasteiger partial charge in [0.25, 0.3) is 0 Å². The molecule has 1 aromatic heterocycles. The summed E-state index contributed by atoms with van der Waals surface area (Å²) in [5, 5.41) is 14.4. The maximum absolute atomic E-state index is 12.5. The largest absolute Gasteiger partial charge is 0.388 e. The van der Waals surface area contributed by atoms with E-state index in [0.717, 1.165) is 30.5 Å². The van der Waals surface area contributed by atoms with Gasteiger partial charge in [-0.1, -0.05) is 30.3 Å². The van der Waals surface area contributed by atoms with Gasteiger partial charge >= 0.3 is 0 Å². The van der Waals surface area contributed by atoms with E-state index in [4.69, 9.17) is 0 Å². The second-order valence-electron chi connectivity index (χ2n) is 5.85. The second-order valence-corrected chi connectivity index (χ2v) is 6.63. The number of nitrogens with zero attached hydrogens (tertiary/aromatic N) is 1. The normalized spacial score (nSPS) is 19.3. The molecule has 0 bridgehead atoms. The zero-order valence-electron chi connectivity index (χ0n) is 12.5. The van der Waals surface area contributed by atoms with Crippen molar-refractivity contribution in [3.05, 3.63) is 58.3 Å². The Labute approximate surface area is 135 Å². The predicted octanol–water partition coefficient (Wildman–Crippen LogP) is 3.41. The summed E-state index contributed by atoms with van der Waals surface area (Å²) in [4.78, 5) is 14.5. The van der Waals surface area contributed by atoms with Gasteiger partial charge < -0.3 is 10.0 Å². The maximum Gasteiger partial charge on any atom is 0.227 e. The molecule has 3 rings (SSSR count). The molecule has 0 unspecified atom stereocenters. The molecule has 0 radical (unpaired) electrons. The molecule has 1 aromatic carbocycles. The molecular formula is C18H21NO2S. The monoisotopic (exact) mass is 315 g/mol. The van der Waals surface area contributed by atoms with Crippen LogP contribution in [-0.4, -0.2) is 28.5 Å². The molecule has 0 saturated carbocycles. The van der Waals surface area contributed by atoms with Crippen LogP contribution < -0.4 is 0 Å². The molecule has 116 valence electrons. The summed E-state index contributed by atoms with van der Waals surface area (Å²) in [5.74, 6) is 0.182. The third-order valence-electron chi connectivity index (χ3n) is 4.31. The lowest BCUT2D eigenvalue weighted by Crippen LogP contribution is -2.37. The number of carbonyl (C=O) groups is 1. The fourth-order valence-electron chi connectivity index (χ4n) is 3.15. The topological polar surface area (TPSA) is 40.5 Å². The zero-order chi connectivity index (χ0) is 15.4. The van der Waals surface area contributed by atoms with Gasteiger partial charge in [0, 0.05) is 12.6 Å². The van der Waals surface area contributed by atoms with Gasteiger partial charge in [-0.3, -0.25) is 4.79 Å². The molecule has 2 heterocycles. The molecule has 1 N–H and O–H groups in total. The molecule has 1 amide bonds. The van der Waals surface area contributed by atoms with Crippen LogP contribution in [0, 0.1) is 0 Å². The van der Waals surface area contributed by atoms with Gasteiger partial charge in [0.1, 0.15) is 0 Å². The third-order valence-corrected chi connectivity index (χ3v) is 5.04. The van der Waals surface area contributed by atoms with E-state index in [-0.39, 0.29) is 11.9 Å². The summed E-state index contributed by atoms with van der Waals surface area (Å²) in [7, 11) is 0. The van der Waals surface area contributed by atoms with Gasteiger partial charge in [-0.15, -0.1) is 0 Å². The summed E-state index contributed by atoms with van der Waals surface area (Å²) in [6.07, 6.45) is 2.61. The Balaban J connectivity index is 1.62. The maximum atomic E-state index is 12.5. The van der Waals surface area contributed by atoms with Crippen molar-refractivity contribution < 1.29 is 9.90 Å². The Morgan fingerprint density at radius 1 is 1.32 bits per heavy atom. The van der Waals surface area contributed by atoms with Crippen molar-refractivity contribution in [2.24, 2.45) is 0 Å². The number of carbonyl (C=O) groups excluding carboxylic acids is 1. The van der Waals surface area contributed by atoms with E-state index >= 15 is 0 Å². The van der Waals surface area contributed by atoms with Gasteiger partial charge in [-0.2, -0.15) is 11.3 Å². The zero-order valence-corrected chi connectivity index (χ0v) is 13.3. The Morgan fingerprint density at radius 2 is 2.14 bits per heavy atom. The molecule has 2 atom stereocenters. The summed E-state index contributed by atoms with van der Waals surface area (Å²) in [5.41, 5.74) is 2.02. The van der Waals surface area contributed by atoms with E-state index in [2.05, 4.69) is 0 Å². The fraction of sp³-hybridized carbons (Fsp3) is 0.389. The van der Waals surface area contributed by atoms with Gasteiger partial charge in [0.15, 0.2) is 0 Å². The van der Waals surface area contributed by atoms with E-state index in [1.807, 2.05) is 52.1 Å². The average Bonchev–Trinajstić information content (AvgIpc) is 3.19. The Bertz CT molecular complexity index is 597. The number of likely N-dealkylation sites (tertiary alicyclic amines) is 1. The minimum Gasteiger partial charge on any atom is -0.388 e. The molecule has 1 aliphatic rings. The van der Waals surface area contributed by atoms with E-state index in [1.54, 1.807) is 11.3 Å². The molecule has 2 aromatic rings. The van der Waals surface area contributed by atoms with Gasteiger partial charge in [-0.25, -0.2) is 0 Å². The molecule has 4 heteroatoms. The third kappa shape index (κ3) is 3.57. The van der Waals surface area contributed by atoms with Crippen LogP contribution in [0.25, 0.3) is 0 Å². The summed E-state index contributed by atoms with van der Waals surface area (Å²) in [6, 6.07) is 11.9. The summed E-state index contributed by atoms with van der Waals surface area (Å²) >= 11 is 1.62. The number of aliphatic hydroxyl groups is 1. The van der Waals surface area contributed by atoms with Crippen molar-refractivity contribution in [3.63, 3.8) is 0 Å². The van der Waals surface area contributed by atoms with Crippen molar-refractivity contribution in [3.8, 4) is 0 Å². The highest BCUT2D eigenvalue weighted by Gasteiger charge is 2.30. The number of aliphatic hydroxyl groups excluding tert-OH is 1. The quantitative estimate of drug-likeness (QED) is 0.918. The molecular weight excluding hydrogens is 294 g/mol. The lowest BCUT2D eigenvalue weighted by Gasteiger charge is -2.26. The number of amides is 1. The Morgan fingerprint density at radius 3 is 2.86 bits per heavy atom. The molecule has 22 heavy (non-hydrogen) atoms. The first kappa shape index (κ1) is 15.3. The van der Waals surface area contributed by atoms with E-state index in [1.165, 1.54) is 0 Å². The van der Waals surface area contributed by atoms with Crippen LogP contribution in [0.1, 0.15) is 36.5 Å². The smallest absolute Gasteiger partial charge is 0.227 e. The predicted molar refractivity (Wildman–Crippen MR) is 88.8 cm³/mol. The fourth-order valence-corrected chi connectivity index (χ4v) is 3.82. The van der Waals surface area contributed by atoms with Gasteiger partial charge in [0.05, 0.1) is 12.5 Å². The van der Waals surface area contributed by atoms with Crippen LogP contribution in [0.5, 0.6) is 0 Å². The van der Waals surface area contributed by atoms with Crippen LogP contribution in [0.3, 0.4) is 0 Å². The minimum absolute atomic E-state index is 0.154. The van der Waals surface area contributed by atoms with Crippen molar-refractivity contribution in [1.29, 1.82) is 0 Å². The lowest BCUT2D eigenvalue weighted by atomic mass is 10.0. The highest BCUT2D eigenvalue weighted by Crippen LogP contribution is 2.28. The van der Waals surface area contributed by atoms with Crippen molar-refractivity contribution in [2.45, 2.75) is 37.8 Å². The van der Waals surface area contributed by atoms with Gasteiger partial charge in [-0.05, 0) is 47.2 Å². The second kappa shape index (κ2) is 7.07. The van der Waals surface area contributed by atoms with E-state index in [9.17, 15) is 9.90 Å². The first-order chi connectivity index (χ1) is 10.7. The van der Waals surface area contributed by atoms with Crippen molar-refractivity contribution >= 4 is 17.2 Å². The van der Waals surface area contributed by atoms with Gasteiger partial charge in [0.2, 0.25) is 5.91 Å². The van der Waals surface area contributed by atoms with Crippen molar-refractivity contribution in [1.82, 2.24) is 4.90 Å². The number of thiophene rings is 1. The highest BCUT2D eigenvalue weighted by molar-refractivity contribution is 7.07. The first-order valence-electron chi connectivity index (χ1n) is 7.77. The van der Waals surface area contributed by atoms with Crippen LogP contribution in [0.15, 0.2) is 47.2 Å². The standard InChI is InChI=1S/C18H21NO2S/c20-17(15-5-2-1-3-6-15)12-16-7-4-9-19(16)18(21)11-14-8-10-22-13-14/h1-3,5-6,8,10,13,16-17,20H,4,7,9,11-12H2/t16-,17-/m1/s1. The minimum atomic E-state index is -0.499. The number of hydrogen-bond donors (Lipinski definition) is 1. The number of hydrogen-bond acceptors (Lipinski definition) is 3. The molecule has 0 spiro atoms. The number of benzene rings is 1. The summed E-state index contributed by atoms with van der Waals surface area (Å²) < 4.78 is 0. The van der Waals surface area contributed by atoms with Crippen LogP contribution >= 0.6 is 11.3 Å². The average molecular weight is 315 g/mol. The first-order valence-corrected chi connectivity index (χ1v) is 8.72. The lowest BCUT2D eigenvalue weighted by molar-refractivity contribution is -0.131. The van der Waals surface area contributed by atoms with E-state index in [0.29, 0.717) is 12.8 Å².